The third kappa shape index (κ3) is 4.59. The van der Waals surface area contributed by atoms with Gasteiger partial charge in [-0.25, -0.2) is 17.2 Å². The molecule has 0 unspecified atom stereocenters. The Morgan fingerprint density at radius 1 is 1.07 bits per heavy atom. The highest BCUT2D eigenvalue weighted by Crippen LogP contribution is 2.28. The summed E-state index contributed by atoms with van der Waals surface area (Å²) in [5, 5.41) is 3.40. The molecule has 2 atom stereocenters. The number of piperazine rings is 1. The summed E-state index contributed by atoms with van der Waals surface area (Å²) in [5.74, 6) is -1.64. The molecule has 1 saturated heterocycles. The van der Waals surface area contributed by atoms with E-state index < -0.39 is 26.6 Å². The van der Waals surface area contributed by atoms with Gasteiger partial charge in [0.1, 0.15) is 16.5 Å². The number of nitrogens with one attached hydrogen (secondary N) is 2. The van der Waals surface area contributed by atoms with Gasteiger partial charge in [-0.05, 0) is 50.2 Å². The van der Waals surface area contributed by atoms with Crippen molar-refractivity contribution in [1.29, 1.82) is 0 Å². The first-order valence-electron chi connectivity index (χ1n) is 8.44. The lowest BCUT2D eigenvalue weighted by Gasteiger charge is -2.37. The summed E-state index contributed by atoms with van der Waals surface area (Å²) in [5.41, 5.74) is 0.485. The van der Waals surface area contributed by atoms with E-state index in [0.717, 1.165) is 12.1 Å². The van der Waals surface area contributed by atoms with E-state index in [1.54, 1.807) is 6.07 Å². The number of halogens is 3. The van der Waals surface area contributed by atoms with Crippen LogP contribution in [-0.2, 0) is 10.0 Å². The minimum absolute atomic E-state index is 0.214. The minimum Gasteiger partial charge on any atom is -0.368 e. The van der Waals surface area contributed by atoms with Crippen molar-refractivity contribution in [1.82, 2.24) is 5.32 Å². The summed E-state index contributed by atoms with van der Waals surface area (Å²) in [7, 11) is -4.27. The Bertz CT molecular complexity index is 946. The van der Waals surface area contributed by atoms with Gasteiger partial charge >= 0.3 is 0 Å². The van der Waals surface area contributed by atoms with Gasteiger partial charge in [-0.2, -0.15) is 0 Å². The van der Waals surface area contributed by atoms with Crippen molar-refractivity contribution in [3.8, 4) is 0 Å². The number of hydrogen-bond acceptors (Lipinski definition) is 4. The van der Waals surface area contributed by atoms with Gasteiger partial charge in [-0.15, -0.1) is 0 Å². The molecule has 9 heteroatoms. The lowest BCUT2D eigenvalue weighted by molar-refractivity contribution is 0.407. The Morgan fingerprint density at radius 2 is 1.74 bits per heavy atom. The zero-order valence-corrected chi connectivity index (χ0v) is 17.2. The molecule has 1 fully saturated rings. The van der Waals surface area contributed by atoms with Gasteiger partial charge in [0.05, 0.1) is 5.69 Å². The van der Waals surface area contributed by atoms with Crippen LogP contribution in [0.3, 0.4) is 0 Å². The fraction of sp³-hybridized carbons (Fsp3) is 0.333. The Balaban J connectivity index is 1.90. The van der Waals surface area contributed by atoms with E-state index in [2.05, 4.69) is 30.9 Å². The second-order valence-electron chi connectivity index (χ2n) is 6.72. The molecule has 0 aromatic heterocycles. The standard InChI is InChI=1S/C18H20BrF2N3O2S/c1-11-9-24(10-12(2)22-11)14-4-5-15(20)17(8-14)23-27(25,26)18-6-3-13(19)7-16(18)21/h3-8,11-12,22-23H,9-10H2,1-2H3/t11-,12+. The topological polar surface area (TPSA) is 61.4 Å². The SMILES string of the molecule is C[C@@H]1CN(c2ccc(F)c(NS(=O)(=O)c3ccc(Br)cc3F)c2)C[C@H](C)N1. The van der Waals surface area contributed by atoms with Crippen LogP contribution in [-0.4, -0.2) is 33.6 Å². The van der Waals surface area contributed by atoms with Gasteiger partial charge in [-0.3, -0.25) is 4.72 Å². The average molecular weight is 460 g/mol. The first-order valence-corrected chi connectivity index (χ1v) is 10.7. The van der Waals surface area contributed by atoms with E-state index in [-0.39, 0.29) is 17.8 Å². The molecule has 0 spiro atoms. The molecule has 0 amide bonds. The maximum Gasteiger partial charge on any atom is 0.264 e. The van der Waals surface area contributed by atoms with Crippen molar-refractivity contribution >= 4 is 37.3 Å². The molecular formula is C18H20BrF2N3O2S. The Hall–Kier alpha value is -1.71. The van der Waals surface area contributed by atoms with Crippen LogP contribution >= 0.6 is 15.9 Å². The van der Waals surface area contributed by atoms with Gasteiger partial charge in [0, 0.05) is 35.3 Å². The summed E-state index contributed by atoms with van der Waals surface area (Å²) in [6.45, 7) is 5.52. The van der Waals surface area contributed by atoms with Crippen LogP contribution in [0.2, 0.25) is 0 Å². The molecule has 146 valence electrons. The molecule has 1 aliphatic rings. The largest absolute Gasteiger partial charge is 0.368 e. The highest BCUT2D eigenvalue weighted by molar-refractivity contribution is 9.10. The molecule has 2 N–H and O–H groups in total. The van der Waals surface area contributed by atoms with Crippen LogP contribution in [0.25, 0.3) is 0 Å². The number of anilines is 2. The second-order valence-corrected chi connectivity index (χ2v) is 9.28. The first-order chi connectivity index (χ1) is 12.7. The van der Waals surface area contributed by atoms with Gasteiger partial charge < -0.3 is 10.2 Å². The van der Waals surface area contributed by atoms with Crippen LogP contribution in [0.1, 0.15) is 13.8 Å². The number of hydrogen-bond donors (Lipinski definition) is 2. The fourth-order valence-electron chi connectivity index (χ4n) is 3.22. The van der Waals surface area contributed by atoms with Crippen LogP contribution in [0.15, 0.2) is 45.8 Å². The normalized spacial score (nSPS) is 20.6. The minimum atomic E-state index is -4.27. The van der Waals surface area contributed by atoms with Gasteiger partial charge in [0.15, 0.2) is 0 Å². The van der Waals surface area contributed by atoms with E-state index in [9.17, 15) is 17.2 Å². The van der Waals surface area contributed by atoms with E-state index in [1.807, 2.05) is 13.8 Å². The van der Waals surface area contributed by atoms with Gasteiger partial charge in [0.2, 0.25) is 0 Å². The van der Waals surface area contributed by atoms with Crippen molar-refractivity contribution in [3.05, 3.63) is 52.5 Å². The molecule has 2 aromatic carbocycles. The highest BCUT2D eigenvalue weighted by Gasteiger charge is 2.24. The molecular weight excluding hydrogens is 440 g/mol. The van der Waals surface area contributed by atoms with Crippen molar-refractivity contribution in [2.45, 2.75) is 30.8 Å². The van der Waals surface area contributed by atoms with E-state index >= 15 is 0 Å². The van der Waals surface area contributed by atoms with E-state index in [1.165, 1.54) is 18.2 Å². The lowest BCUT2D eigenvalue weighted by atomic mass is 10.1. The van der Waals surface area contributed by atoms with Gasteiger partial charge in [-0.1, -0.05) is 15.9 Å². The summed E-state index contributed by atoms with van der Waals surface area (Å²) in [6.07, 6.45) is 0. The molecule has 27 heavy (non-hydrogen) atoms. The molecule has 0 radical (unpaired) electrons. The number of benzene rings is 2. The second kappa shape index (κ2) is 7.73. The van der Waals surface area contributed by atoms with Crippen molar-refractivity contribution in [2.75, 3.05) is 22.7 Å². The molecule has 2 aromatic rings. The third-order valence-corrected chi connectivity index (χ3v) is 6.19. The average Bonchev–Trinajstić information content (AvgIpc) is 2.55. The number of rotatable bonds is 4. The summed E-state index contributed by atoms with van der Waals surface area (Å²) < 4.78 is 55.9. The van der Waals surface area contributed by atoms with Gasteiger partial charge in [0.25, 0.3) is 10.0 Å². The third-order valence-electron chi connectivity index (χ3n) is 4.30. The summed E-state index contributed by atoms with van der Waals surface area (Å²) >= 11 is 3.08. The van der Waals surface area contributed by atoms with Crippen molar-refractivity contribution < 1.29 is 17.2 Å². The molecule has 0 aliphatic carbocycles. The molecule has 0 bridgehead atoms. The van der Waals surface area contributed by atoms with Crippen molar-refractivity contribution in [3.63, 3.8) is 0 Å². The smallest absolute Gasteiger partial charge is 0.264 e. The van der Waals surface area contributed by atoms with E-state index in [0.29, 0.717) is 23.2 Å². The maximum absolute atomic E-state index is 14.2. The molecule has 1 aliphatic heterocycles. The Kier molecular flexibility index (Phi) is 5.73. The van der Waals surface area contributed by atoms with Crippen LogP contribution in [0.4, 0.5) is 20.2 Å². The monoisotopic (exact) mass is 459 g/mol. The predicted molar refractivity (Wildman–Crippen MR) is 106 cm³/mol. The highest BCUT2D eigenvalue weighted by atomic mass is 79.9. The van der Waals surface area contributed by atoms with Crippen molar-refractivity contribution in [2.24, 2.45) is 0 Å². The summed E-state index contributed by atoms with van der Waals surface area (Å²) in [4.78, 5) is 1.52. The lowest BCUT2D eigenvalue weighted by Crippen LogP contribution is -2.54. The Morgan fingerprint density at radius 3 is 2.37 bits per heavy atom. The predicted octanol–water partition coefficient (Wildman–Crippen LogP) is 3.71. The van der Waals surface area contributed by atoms with Crippen LogP contribution in [0, 0.1) is 11.6 Å². The van der Waals surface area contributed by atoms with Crippen LogP contribution < -0.4 is 14.9 Å². The molecule has 1 heterocycles. The summed E-state index contributed by atoms with van der Waals surface area (Å²) in [6, 6.07) is 8.34. The number of nitrogens with zero attached hydrogens (tertiary/aromatic N) is 1. The first kappa shape index (κ1) is 20.0. The molecule has 0 saturated carbocycles. The quantitative estimate of drug-likeness (QED) is 0.731. The zero-order valence-electron chi connectivity index (χ0n) is 14.8. The van der Waals surface area contributed by atoms with Crippen LogP contribution in [0.5, 0.6) is 0 Å². The maximum atomic E-state index is 14.2. The van der Waals surface area contributed by atoms with E-state index in [4.69, 9.17) is 0 Å². The fourth-order valence-corrected chi connectivity index (χ4v) is 4.67. The zero-order chi connectivity index (χ0) is 19.8. The number of sulfonamides is 1. The Labute approximate surface area is 165 Å². The molecule has 3 rings (SSSR count). The molecule has 5 nitrogen and oxygen atoms in total.